The molecule has 3 aromatic carbocycles. The number of hydrogen-bond donors (Lipinski definition) is 2. The third kappa shape index (κ3) is 3.74. The number of alkyl halides is 3. The van der Waals surface area contributed by atoms with Crippen molar-refractivity contribution in [2.75, 3.05) is 6.54 Å². The quantitative estimate of drug-likeness (QED) is 0.550. The van der Waals surface area contributed by atoms with E-state index in [4.69, 9.17) is 0 Å². The van der Waals surface area contributed by atoms with Gasteiger partial charge < -0.3 is 10.4 Å². The van der Waals surface area contributed by atoms with E-state index in [2.05, 4.69) is 5.32 Å². The Labute approximate surface area is 162 Å². The van der Waals surface area contributed by atoms with Crippen molar-refractivity contribution in [3.8, 4) is 0 Å². The molecule has 0 amide bonds. The van der Waals surface area contributed by atoms with Gasteiger partial charge in [0.2, 0.25) is 0 Å². The molecule has 1 heterocycles. The van der Waals surface area contributed by atoms with E-state index in [0.717, 1.165) is 48.2 Å². The van der Waals surface area contributed by atoms with Gasteiger partial charge in [0.1, 0.15) is 0 Å². The summed E-state index contributed by atoms with van der Waals surface area (Å²) in [6.07, 6.45) is -1.26. The number of rotatable bonds is 3. The topological polar surface area (TPSA) is 32.3 Å². The highest BCUT2D eigenvalue weighted by atomic mass is 19.4. The molecule has 1 saturated heterocycles. The van der Waals surface area contributed by atoms with Gasteiger partial charge in [-0.1, -0.05) is 36.2 Å². The summed E-state index contributed by atoms with van der Waals surface area (Å²) in [6.45, 7) is 2.88. The molecule has 5 heteroatoms. The average molecular weight is 387 g/mol. The SMILES string of the molecule is Cc1ccc2cc(C(O)CC3CCCCN3)c3ccc(C(F)(F)F)cc3c2c1. The highest BCUT2D eigenvalue weighted by Gasteiger charge is 2.31. The molecule has 0 spiro atoms. The fourth-order valence-electron chi connectivity index (χ4n) is 4.27. The van der Waals surface area contributed by atoms with Gasteiger partial charge in [0, 0.05) is 6.04 Å². The number of piperidine rings is 1. The molecule has 0 bridgehead atoms. The Bertz CT molecular complexity index is 1010. The molecule has 2 N–H and O–H groups in total. The Morgan fingerprint density at radius 3 is 2.57 bits per heavy atom. The zero-order valence-corrected chi connectivity index (χ0v) is 15.8. The van der Waals surface area contributed by atoms with Crippen LogP contribution in [-0.2, 0) is 6.18 Å². The Hall–Kier alpha value is -2.11. The predicted octanol–water partition coefficient (Wildman–Crippen LogP) is 5.89. The van der Waals surface area contributed by atoms with Crippen LogP contribution in [0.25, 0.3) is 21.5 Å². The summed E-state index contributed by atoms with van der Waals surface area (Å²) in [5.41, 5.74) is 1.03. The molecule has 3 aromatic rings. The number of benzene rings is 3. The minimum atomic E-state index is -4.40. The average Bonchev–Trinajstić information content (AvgIpc) is 2.67. The molecule has 4 rings (SSSR count). The molecule has 2 atom stereocenters. The van der Waals surface area contributed by atoms with E-state index in [1.165, 1.54) is 12.1 Å². The fraction of sp³-hybridized carbons (Fsp3) is 0.391. The first-order valence-corrected chi connectivity index (χ1v) is 9.78. The standard InChI is InChI=1S/C23H24F3NO/c1-14-5-6-15-11-21(22(28)13-17-4-2-3-9-27-17)18-8-7-16(23(24,25)26)12-20(18)19(15)10-14/h5-8,10-12,17,22,27-28H,2-4,9,13H2,1H3. The summed E-state index contributed by atoms with van der Waals surface area (Å²) in [4.78, 5) is 0. The number of fused-ring (bicyclic) bond motifs is 3. The summed E-state index contributed by atoms with van der Waals surface area (Å²) < 4.78 is 39.9. The molecular formula is C23H24F3NO. The van der Waals surface area contributed by atoms with Crippen molar-refractivity contribution in [3.05, 3.63) is 59.2 Å². The molecule has 0 aliphatic carbocycles. The van der Waals surface area contributed by atoms with E-state index in [0.29, 0.717) is 22.8 Å². The highest BCUT2D eigenvalue weighted by Crippen LogP contribution is 2.38. The van der Waals surface area contributed by atoms with Crippen molar-refractivity contribution in [2.45, 2.75) is 50.9 Å². The van der Waals surface area contributed by atoms with Crippen LogP contribution in [0.5, 0.6) is 0 Å². The lowest BCUT2D eigenvalue weighted by molar-refractivity contribution is -0.137. The van der Waals surface area contributed by atoms with Crippen LogP contribution in [0.2, 0.25) is 0 Å². The van der Waals surface area contributed by atoms with Gasteiger partial charge in [-0.05, 0) is 78.0 Å². The monoisotopic (exact) mass is 387 g/mol. The van der Waals surface area contributed by atoms with E-state index < -0.39 is 17.8 Å². The van der Waals surface area contributed by atoms with Crippen molar-refractivity contribution >= 4 is 21.5 Å². The molecule has 1 fully saturated rings. The number of aryl methyl sites for hydroxylation is 1. The van der Waals surface area contributed by atoms with Crippen molar-refractivity contribution in [1.82, 2.24) is 5.32 Å². The third-order valence-corrected chi connectivity index (χ3v) is 5.75. The van der Waals surface area contributed by atoms with E-state index in [1.807, 2.05) is 31.2 Å². The first kappa shape index (κ1) is 19.2. The van der Waals surface area contributed by atoms with Gasteiger partial charge in [0.25, 0.3) is 0 Å². The van der Waals surface area contributed by atoms with Crippen molar-refractivity contribution in [1.29, 1.82) is 0 Å². The Balaban J connectivity index is 1.86. The Kier molecular flexibility index (Phi) is 5.06. The first-order chi connectivity index (χ1) is 13.3. The molecule has 1 aliphatic rings. The van der Waals surface area contributed by atoms with Crippen LogP contribution in [0, 0.1) is 6.92 Å². The summed E-state index contributed by atoms with van der Waals surface area (Å²) in [5.74, 6) is 0. The fourth-order valence-corrected chi connectivity index (χ4v) is 4.27. The predicted molar refractivity (Wildman–Crippen MR) is 106 cm³/mol. The zero-order valence-electron chi connectivity index (χ0n) is 15.8. The molecular weight excluding hydrogens is 363 g/mol. The van der Waals surface area contributed by atoms with Crippen LogP contribution in [-0.4, -0.2) is 17.7 Å². The summed E-state index contributed by atoms with van der Waals surface area (Å²) in [6, 6.07) is 11.8. The van der Waals surface area contributed by atoms with Crippen molar-refractivity contribution in [3.63, 3.8) is 0 Å². The molecule has 2 nitrogen and oxygen atoms in total. The van der Waals surface area contributed by atoms with Gasteiger partial charge in [-0.2, -0.15) is 13.2 Å². The molecule has 2 unspecified atom stereocenters. The number of aliphatic hydroxyl groups excluding tert-OH is 1. The summed E-state index contributed by atoms with van der Waals surface area (Å²) in [7, 11) is 0. The van der Waals surface area contributed by atoms with Crippen LogP contribution < -0.4 is 5.32 Å². The maximum atomic E-state index is 13.3. The number of aliphatic hydroxyl groups is 1. The second-order valence-corrected chi connectivity index (χ2v) is 7.85. The Morgan fingerprint density at radius 1 is 1.04 bits per heavy atom. The first-order valence-electron chi connectivity index (χ1n) is 9.78. The van der Waals surface area contributed by atoms with Gasteiger partial charge in [-0.25, -0.2) is 0 Å². The van der Waals surface area contributed by atoms with E-state index >= 15 is 0 Å². The van der Waals surface area contributed by atoms with Crippen LogP contribution in [0.4, 0.5) is 13.2 Å². The lowest BCUT2D eigenvalue weighted by atomic mass is 9.89. The number of nitrogens with one attached hydrogen (secondary N) is 1. The molecule has 0 aromatic heterocycles. The lowest BCUT2D eigenvalue weighted by Gasteiger charge is -2.26. The maximum absolute atomic E-state index is 13.3. The smallest absolute Gasteiger partial charge is 0.388 e. The van der Waals surface area contributed by atoms with Crippen LogP contribution in [0.15, 0.2) is 42.5 Å². The van der Waals surface area contributed by atoms with Crippen LogP contribution >= 0.6 is 0 Å². The molecule has 0 saturated carbocycles. The van der Waals surface area contributed by atoms with Crippen molar-refractivity contribution in [2.24, 2.45) is 0 Å². The maximum Gasteiger partial charge on any atom is 0.416 e. The second-order valence-electron chi connectivity index (χ2n) is 7.85. The number of hydrogen-bond acceptors (Lipinski definition) is 2. The van der Waals surface area contributed by atoms with Crippen LogP contribution in [0.1, 0.15) is 48.5 Å². The van der Waals surface area contributed by atoms with E-state index in [-0.39, 0.29) is 6.04 Å². The zero-order chi connectivity index (χ0) is 19.9. The van der Waals surface area contributed by atoms with Gasteiger partial charge in [-0.3, -0.25) is 0 Å². The molecule has 1 aliphatic heterocycles. The normalized spacial score (nSPS) is 19.2. The van der Waals surface area contributed by atoms with Crippen LogP contribution in [0.3, 0.4) is 0 Å². The summed E-state index contributed by atoms with van der Waals surface area (Å²) in [5, 5.41) is 17.3. The van der Waals surface area contributed by atoms with Gasteiger partial charge in [0.05, 0.1) is 11.7 Å². The van der Waals surface area contributed by atoms with Gasteiger partial charge in [-0.15, -0.1) is 0 Å². The van der Waals surface area contributed by atoms with E-state index in [9.17, 15) is 18.3 Å². The molecule has 0 radical (unpaired) electrons. The summed E-state index contributed by atoms with van der Waals surface area (Å²) >= 11 is 0. The number of halogens is 3. The second kappa shape index (κ2) is 7.37. The lowest BCUT2D eigenvalue weighted by Crippen LogP contribution is -2.35. The largest absolute Gasteiger partial charge is 0.416 e. The third-order valence-electron chi connectivity index (χ3n) is 5.75. The molecule has 148 valence electrons. The van der Waals surface area contributed by atoms with Gasteiger partial charge in [0.15, 0.2) is 0 Å². The minimum Gasteiger partial charge on any atom is -0.388 e. The highest BCUT2D eigenvalue weighted by molar-refractivity contribution is 6.09. The van der Waals surface area contributed by atoms with Crippen molar-refractivity contribution < 1.29 is 18.3 Å². The Morgan fingerprint density at radius 2 is 1.86 bits per heavy atom. The van der Waals surface area contributed by atoms with E-state index in [1.54, 1.807) is 0 Å². The van der Waals surface area contributed by atoms with Gasteiger partial charge >= 0.3 is 6.18 Å². The minimum absolute atomic E-state index is 0.238. The molecule has 28 heavy (non-hydrogen) atoms.